The van der Waals surface area contributed by atoms with Gasteiger partial charge in [0.05, 0.1) is 18.8 Å². The molecule has 0 saturated carbocycles. The number of aliphatic hydroxyl groups excluding tert-OH is 1. The Kier molecular flexibility index (Phi) is 3.07. The molecule has 2 heterocycles. The molecule has 82 valence electrons. The molecule has 14 heavy (non-hydrogen) atoms. The number of thioether (sulfide) groups is 1. The highest BCUT2D eigenvalue weighted by molar-refractivity contribution is 7.99. The summed E-state index contributed by atoms with van der Waals surface area (Å²) in [6.45, 7) is 1.23. The predicted molar refractivity (Wildman–Crippen MR) is 56.5 cm³/mol. The first kappa shape index (κ1) is 10.7. The molecule has 2 fully saturated rings. The molecule has 0 aromatic carbocycles. The number of hydrogen-bond acceptors (Lipinski definition) is 4. The van der Waals surface area contributed by atoms with E-state index in [1.807, 2.05) is 11.8 Å². The lowest BCUT2D eigenvalue weighted by molar-refractivity contribution is -0.165. The van der Waals surface area contributed by atoms with Gasteiger partial charge in [-0.05, 0) is 25.0 Å². The Hall–Kier alpha value is 0.230. The fourth-order valence-electron chi connectivity index (χ4n) is 2.44. The van der Waals surface area contributed by atoms with Crippen molar-refractivity contribution in [2.75, 3.05) is 31.3 Å². The SMILES string of the molecule is OCC1(C2(O)CCCOC2)CCSC1. The lowest BCUT2D eigenvalue weighted by atomic mass is 9.69. The molecule has 0 bridgehead atoms. The molecule has 0 aliphatic carbocycles. The Morgan fingerprint density at radius 1 is 1.36 bits per heavy atom. The molecule has 0 spiro atoms. The molecule has 0 amide bonds. The van der Waals surface area contributed by atoms with Crippen LogP contribution in [0.15, 0.2) is 0 Å². The van der Waals surface area contributed by atoms with E-state index in [2.05, 4.69) is 0 Å². The number of ether oxygens (including phenoxy) is 1. The summed E-state index contributed by atoms with van der Waals surface area (Å²) in [7, 11) is 0. The standard InChI is InChI=1S/C10H18O3S/c11-6-9(3-5-14-8-9)10(12)2-1-4-13-7-10/h11-12H,1-8H2. The lowest BCUT2D eigenvalue weighted by Gasteiger charge is -2.45. The number of rotatable bonds is 2. The van der Waals surface area contributed by atoms with Crippen molar-refractivity contribution in [3.05, 3.63) is 0 Å². The molecule has 0 radical (unpaired) electrons. The van der Waals surface area contributed by atoms with Crippen molar-refractivity contribution in [3.63, 3.8) is 0 Å². The Balaban J connectivity index is 2.15. The summed E-state index contributed by atoms with van der Waals surface area (Å²) in [5, 5.41) is 20.0. The molecular formula is C10H18O3S. The second kappa shape index (κ2) is 4.00. The van der Waals surface area contributed by atoms with E-state index in [1.54, 1.807) is 0 Å². The van der Waals surface area contributed by atoms with E-state index >= 15 is 0 Å². The minimum absolute atomic E-state index is 0.0832. The van der Waals surface area contributed by atoms with Crippen molar-refractivity contribution in [2.24, 2.45) is 5.41 Å². The van der Waals surface area contributed by atoms with Gasteiger partial charge in [-0.2, -0.15) is 11.8 Å². The fraction of sp³-hybridized carbons (Fsp3) is 1.00. The lowest BCUT2D eigenvalue weighted by Crippen LogP contribution is -2.55. The fourth-order valence-corrected chi connectivity index (χ4v) is 4.02. The van der Waals surface area contributed by atoms with Gasteiger partial charge in [0.1, 0.15) is 0 Å². The maximum Gasteiger partial charge on any atom is 0.0966 e. The molecule has 2 rings (SSSR count). The molecule has 0 aromatic rings. The largest absolute Gasteiger partial charge is 0.396 e. The molecule has 2 atom stereocenters. The number of hydrogen-bond donors (Lipinski definition) is 2. The molecule has 2 saturated heterocycles. The summed E-state index contributed by atoms with van der Waals surface area (Å²) in [6, 6.07) is 0. The van der Waals surface area contributed by atoms with Crippen molar-refractivity contribution in [1.82, 2.24) is 0 Å². The van der Waals surface area contributed by atoms with Crippen molar-refractivity contribution < 1.29 is 14.9 Å². The summed E-state index contributed by atoms with van der Waals surface area (Å²) in [6.07, 6.45) is 2.59. The van der Waals surface area contributed by atoms with E-state index in [-0.39, 0.29) is 12.0 Å². The third kappa shape index (κ3) is 1.58. The zero-order valence-corrected chi connectivity index (χ0v) is 9.18. The van der Waals surface area contributed by atoms with Crippen LogP contribution in [0, 0.1) is 5.41 Å². The maximum atomic E-state index is 10.5. The monoisotopic (exact) mass is 218 g/mol. The summed E-state index contributed by atoms with van der Waals surface area (Å²) in [5.74, 6) is 1.91. The zero-order valence-electron chi connectivity index (χ0n) is 8.37. The third-order valence-electron chi connectivity index (χ3n) is 3.61. The molecule has 3 nitrogen and oxygen atoms in total. The highest BCUT2D eigenvalue weighted by Gasteiger charge is 2.52. The smallest absolute Gasteiger partial charge is 0.0966 e. The van der Waals surface area contributed by atoms with Gasteiger partial charge >= 0.3 is 0 Å². The van der Waals surface area contributed by atoms with E-state index in [9.17, 15) is 10.2 Å². The Bertz CT molecular complexity index is 196. The van der Waals surface area contributed by atoms with Crippen LogP contribution in [0.4, 0.5) is 0 Å². The van der Waals surface area contributed by atoms with Gasteiger partial charge in [0.2, 0.25) is 0 Å². The van der Waals surface area contributed by atoms with E-state index in [4.69, 9.17) is 4.74 Å². The Morgan fingerprint density at radius 3 is 2.71 bits per heavy atom. The Labute approximate surface area is 88.8 Å². The number of aliphatic hydroxyl groups is 2. The van der Waals surface area contributed by atoms with Gasteiger partial charge < -0.3 is 14.9 Å². The summed E-state index contributed by atoms with van der Waals surface area (Å²) >= 11 is 1.82. The van der Waals surface area contributed by atoms with Crippen LogP contribution >= 0.6 is 11.8 Å². The third-order valence-corrected chi connectivity index (χ3v) is 4.86. The maximum absolute atomic E-state index is 10.5. The zero-order chi connectivity index (χ0) is 10.1. The first-order valence-electron chi connectivity index (χ1n) is 5.21. The molecule has 2 unspecified atom stereocenters. The van der Waals surface area contributed by atoms with Gasteiger partial charge in [0, 0.05) is 17.8 Å². The van der Waals surface area contributed by atoms with Crippen LogP contribution in [0.1, 0.15) is 19.3 Å². The molecule has 4 heteroatoms. The minimum Gasteiger partial charge on any atom is -0.396 e. The summed E-state index contributed by atoms with van der Waals surface area (Å²) in [4.78, 5) is 0. The normalized spacial score (nSPS) is 44.1. The summed E-state index contributed by atoms with van der Waals surface area (Å²) < 4.78 is 5.35. The van der Waals surface area contributed by atoms with Gasteiger partial charge in [0.15, 0.2) is 0 Å². The van der Waals surface area contributed by atoms with Crippen LogP contribution < -0.4 is 0 Å². The van der Waals surface area contributed by atoms with Crippen molar-refractivity contribution >= 4 is 11.8 Å². The molecule has 0 aromatic heterocycles. The van der Waals surface area contributed by atoms with Gasteiger partial charge in [0.25, 0.3) is 0 Å². The van der Waals surface area contributed by atoms with E-state index < -0.39 is 5.60 Å². The van der Waals surface area contributed by atoms with Crippen molar-refractivity contribution in [3.8, 4) is 0 Å². The first-order chi connectivity index (χ1) is 6.72. The molecule has 2 aliphatic heterocycles. The highest BCUT2D eigenvalue weighted by Crippen LogP contribution is 2.47. The quantitative estimate of drug-likeness (QED) is 0.714. The van der Waals surface area contributed by atoms with E-state index in [0.29, 0.717) is 6.61 Å². The average Bonchev–Trinajstić information content (AvgIpc) is 2.68. The van der Waals surface area contributed by atoms with Gasteiger partial charge in [-0.15, -0.1) is 0 Å². The molecule has 2 N–H and O–H groups in total. The van der Waals surface area contributed by atoms with Crippen molar-refractivity contribution in [1.29, 1.82) is 0 Å². The van der Waals surface area contributed by atoms with Crippen LogP contribution in [0.25, 0.3) is 0 Å². The molecular weight excluding hydrogens is 200 g/mol. The second-order valence-electron chi connectivity index (χ2n) is 4.43. The Morgan fingerprint density at radius 2 is 2.21 bits per heavy atom. The van der Waals surface area contributed by atoms with Crippen LogP contribution in [-0.4, -0.2) is 47.1 Å². The van der Waals surface area contributed by atoms with Crippen LogP contribution in [0.5, 0.6) is 0 Å². The highest BCUT2D eigenvalue weighted by atomic mass is 32.2. The minimum atomic E-state index is -0.788. The van der Waals surface area contributed by atoms with Crippen LogP contribution in [0.3, 0.4) is 0 Å². The average molecular weight is 218 g/mol. The van der Waals surface area contributed by atoms with Gasteiger partial charge in [-0.25, -0.2) is 0 Å². The van der Waals surface area contributed by atoms with Crippen molar-refractivity contribution in [2.45, 2.75) is 24.9 Å². The second-order valence-corrected chi connectivity index (χ2v) is 5.53. The molecule has 2 aliphatic rings. The van der Waals surface area contributed by atoms with Gasteiger partial charge in [-0.3, -0.25) is 0 Å². The predicted octanol–water partition coefficient (Wildman–Crippen LogP) is 0.643. The van der Waals surface area contributed by atoms with Crippen LogP contribution in [0.2, 0.25) is 0 Å². The van der Waals surface area contributed by atoms with E-state index in [0.717, 1.165) is 37.4 Å². The first-order valence-corrected chi connectivity index (χ1v) is 6.37. The van der Waals surface area contributed by atoms with Gasteiger partial charge in [-0.1, -0.05) is 0 Å². The summed E-state index contributed by atoms with van der Waals surface area (Å²) in [5.41, 5.74) is -1.10. The van der Waals surface area contributed by atoms with Crippen LogP contribution in [-0.2, 0) is 4.74 Å². The topological polar surface area (TPSA) is 49.7 Å². The van der Waals surface area contributed by atoms with E-state index in [1.165, 1.54) is 0 Å².